The molecule has 154 valence electrons. The zero-order chi connectivity index (χ0) is 19.8. The number of nitrogens with zero attached hydrogens (tertiary/aromatic N) is 2. The van der Waals surface area contributed by atoms with Gasteiger partial charge in [-0.05, 0) is 30.4 Å². The molecule has 0 amide bonds. The molecule has 0 spiro atoms. The van der Waals surface area contributed by atoms with Gasteiger partial charge >= 0.3 is 0 Å². The molecule has 1 aromatic heterocycles. The highest BCUT2D eigenvalue weighted by Gasteiger charge is 2.22. The van der Waals surface area contributed by atoms with E-state index in [0.29, 0.717) is 12.0 Å². The average molecular weight is 386 g/mol. The van der Waals surface area contributed by atoms with Crippen molar-refractivity contribution in [2.24, 2.45) is 10.9 Å². The molecule has 28 heavy (non-hydrogen) atoms. The van der Waals surface area contributed by atoms with Crippen LogP contribution in [0.4, 0.5) is 0 Å². The number of para-hydroxylation sites is 1. The number of aliphatic imine (C=N–C) groups is 1. The van der Waals surface area contributed by atoms with Crippen LogP contribution in [0.1, 0.15) is 25.8 Å². The fraction of sp³-hybridized carbons (Fsp3) is 0.591. The summed E-state index contributed by atoms with van der Waals surface area (Å²) in [6.07, 6.45) is 4.25. The highest BCUT2D eigenvalue weighted by molar-refractivity contribution is 5.83. The summed E-state index contributed by atoms with van der Waals surface area (Å²) in [5.41, 5.74) is 2.53. The number of fused-ring (bicyclic) bond motifs is 1. The minimum absolute atomic E-state index is 0.510. The molecule has 1 saturated heterocycles. The summed E-state index contributed by atoms with van der Waals surface area (Å²) < 4.78 is 5.52. The van der Waals surface area contributed by atoms with E-state index in [0.717, 1.165) is 51.8 Å². The average Bonchev–Trinajstić information content (AvgIpc) is 3.13. The largest absolute Gasteiger partial charge is 0.379 e. The normalized spacial score (nSPS) is 17.2. The van der Waals surface area contributed by atoms with Crippen LogP contribution < -0.4 is 10.6 Å². The molecule has 3 rings (SSSR count). The van der Waals surface area contributed by atoms with Gasteiger partial charge in [0.1, 0.15) is 0 Å². The van der Waals surface area contributed by atoms with E-state index in [1.165, 1.54) is 22.9 Å². The van der Waals surface area contributed by atoms with Gasteiger partial charge in [0.05, 0.1) is 13.2 Å². The minimum atomic E-state index is 0.510. The summed E-state index contributed by atoms with van der Waals surface area (Å²) in [4.78, 5) is 10.3. The smallest absolute Gasteiger partial charge is 0.191 e. The third-order valence-corrected chi connectivity index (χ3v) is 5.40. The number of hydrogen-bond acceptors (Lipinski definition) is 3. The number of nitrogens with one attached hydrogen (secondary N) is 3. The molecule has 1 fully saturated rings. The Labute approximate surface area is 168 Å². The second-order valence-corrected chi connectivity index (χ2v) is 7.92. The van der Waals surface area contributed by atoms with Crippen molar-refractivity contribution in [3.63, 3.8) is 0 Å². The standard InChI is InChI=1S/C22H35N5O/c1-17(2)14-19(27-10-12-28-13-11-27)16-26-22(23-3)24-9-8-18-15-25-21-7-5-4-6-20(18)21/h4-7,15,17,19,25H,8-14,16H2,1-3H3,(H2,23,24,26). The predicted molar refractivity (Wildman–Crippen MR) is 117 cm³/mol. The van der Waals surface area contributed by atoms with Gasteiger partial charge in [0.25, 0.3) is 0 Å². The van der Waals surface area contributed by atoms with E-state index in [-0.39, 0.29) is 0 Å². The summed E-state index contributed by atoms with van der Waals surface area (Å²) in [7, 11) is 1.84. The van der Waals surface area contributed by atoms with Crippen LogP contribution in [-0.4, -0.2) is 68.3 Å². The molecule has 1 aliphatic heterocycles. The number of guanidine groups is 1. The lowest BCUT2D eigenvalue weighted by molar-refractivity contribution is 0.0132. The van der Waals surface area contributed by atoms with Crippen LogP contribution in [0.2, 0.25) is 0 Å². The van der Waals surface area contributed by atoms with Crippen molar-refractivity contribution in [3.8, 4) is 0 Å². The zero-order valence-corrected chi connectivity index (χ0v) is 17.5. The molecule has 1 aromatic carbocycles. The van der Waals surface area contributed by atoms with Crippen molar-refractivity contribution < 1.29 is 4.74 Å². The number of morpholine rings is 1. The maximum Gasteiger partial charge on any atom is 0.191 e. The summed E-state index contributed by atoms with van der Waals surface area (Å²) in [5, 5.41) is 8.31. The van der Waals surface area contributed by atoms with Crippen LogP contribution in [0.25, 0.3) is 10.9 Å². The minimum Gasteiger partial charge on any atom is -0.379 e. The first-order valence-electron chi connectivity index (χ1n) is 10.5. The lowest BCUT2D eigenvalue weighted by Crippen LogP contribution is -2.51. The van der Waals surface area contributed by atoms with Gasteiger partial charge in [-0.25, -0.2) is 0 Å². The fourth-order valence-electron chi connectivity index (χ4n) is 3.94. The van der Waals surface area contributed by atoms with E-state index in [2.05, 4.69) is 69.8 Å². The Morgan fingerprint density at radius 2 is 2.00 bits per heavy atom. The molecule has 1 aliphatic rings. The van der Waals surface area contributed by atoms with Crippen molar-refractivity contribution in [2.75, 3.05) is 46.4 Å². The summed E-state index contributed by atoms with van der Waals surface area (Å²) in [5.74, 6) is 1.55. The van der Waals surface area contributed by atoms with E-state index in [1.807, 2.05) is 7.05 Å². The van der Waals surface area contributed by atoms with E-state index in [4.69, 9.17) is 4.74 Å². The Bertz CT molecular complexity index is 748. The number of rotatable bonds is 8. The highest BCUT2D eigenvalue weighted by atomic mass is 16.5. The van der Waals surface area contributed by atoms with E-state index in [1.54, 1.807) is 0 Å². The van der Waals surface area contributed by atoms with Crippen LogP contribution in [0.3, 0.4) is 0 Å². The van der Waals surface area contributed by atoms with Gasteiger partial charge in [-0.2, -0.15) is 0 Å². The van der Waals surface area contributed by atoms with Gasteiger partial charge < -0.3 is 20.4 Å². The van der Waals surface area contributed by atoms with Crippen LogP contribution in [0.5, 0.6) is 0 Å². The van der Waals surface area contributed by atoms with Crippen molar-refractivity contribution in [2.45, 2.75) is 32.7 Å². The van der Waals surface area contributed by atoms with Gasteiger partial charge in [-0.3, -0.25) is 9.89 Å². The first-order chi connectivity index (χ1) is 13.7. The molecule has 0 bridgehead atoms. The molecule has 2 heterocycles. The summed E-state index contributed by atoms with van der Waals surface area (Å²) in [6.45, 7) is 10.1. The number of benzene rings is 1. The fourth-order valence-corrected chi connectivity index (χ4v) is 3.94. The molecular weight excluding hydrogens is 350 g/mol. The number of ether oxygens (including phenoxy) is 1. The molecule has 1 unspecified atom stereocenters. The zero-order valence-electron chi connectivity index (χ0n) is 17.5. The van der Waals surface area contributed by atoms with E-state index < -0.39 is 0 Å². The van der Waals surface area contributed by atoms with Crippen molar-refractivity contribution in [3.05, 3.63) is 36.0 Å². The van der Waals surface area contributed by atoms with Crippen LogP contribution in [0.15, 0.2) is 35.5 Å². The second-order valence-electron chi connectivity index (χ2n) is 7.92. The van der Waals surface area contributed by atoms with Crippen LogP contribution >= 0.6 is 0 Å². The maximum atomic E-state index is 5.52. The molecule has 6 nitrogen and oxygen atoms in total. The van der Waals surface area contributed by atoms with Gasteiger partial charge in [-0.15, -0.1) is 0 Å². The molecule has 6 heteroatoms. The molecule has 3 N–H and O–H groups in total. The van der Waals surface area contributed by atoms with Gasteiger partial charge in [0.2, 0.25) is 0 Å². The highest BCUT2D eigenvalue weighted by Crippen LogP contribution is 2.17. The third kappa shape index (κ3) is 5.72. The van der Waals surface area contributed by atoms with Crippen molar-refractivity contribution in [1.82, 2.24) is 20.5 Å². The number of aromatic amines is 1. The molecule has 0 saturated carbocycles. The number of H-pyrrole nitrogens is 1. The first kappa shape index (κ1) is 20.7. The molecule has 1 atom stereocenters. The van der Waals surface area contributed by atoms with Gasteiger partial charge in [0.15, 0.2) is 5.96 Å². The first-order valence-corrected chi connectivity index (χ1v) is 10.5. The summed E-state index contributed by atoms with van der Waals surface area (Å²) >= 11 is 0. The third-order valence-electron chi connectivity index (χ3n) is 5.40. The SMILES string of the molecule is CN=C(NCCc1c[nH]c2ccccc12)NCC(CC(C)C)N1CCOCC1. The van der Waals surface area contributed by atoms with Crippen LogP contribution in [0, 0.1) is 5.92 Å². The van der Waals surface area contributed by atoms with Crippen LogP contribution in [-0.2, 0) is 11.2 Å². The second kappa shape index (κ2) is 10.5. The Balaban J connectivity index is 1.48. The Kier molecular flexibility index (Phi) is 7.74. The van der Waals surface area contributed by atoms with Crippen molar-refractivity contribution >= 4 is 16.9 Å². The monoisotopic (exact) mass is 385 g/mol. The molecule has 2 aromatic rings. The lowest BCUT2D eigenvalue weighted by atomic mass is 10.0. The van der Waals surface area contributed by atoms with E-state index >= 15 is 0 Å². The topological polar surface area (TPSA) is 64.7 Å². The predicted octanol–water partition coefficient (Wildman–Crippen LogP) is 2.62. The molecular formula is C22H35N5O. The van der Waals surface area contributed by atoms with E-state index in [9.17, 15) is 0 Å². The van der Waals surface area contributed by atoms with Crippen molar-refractivity contribution in [1.29, 1.82) is 0 Å². The van der Waals surface area contributed by atoms with Gasteiger partial charge in [-0.1, -0.05) is 32.0 Å². The quantitative estimate of drug-likeness (QED) is 0.483. The summed E-state index contributed by atoms with van der Waals surface area (Å²) in [6, 6.07) is 8.96. The lowest BCUT2D eigenvalue weighted by Gasteiger charge is -2.35. The Morgan fingerprint density at radius 1 is 1.21 bits per heavy atom. The number of aromatic nitrogens is 1. The number of hydrogen-bond donors (Lipinski definition) is 3. The van der Waals surface area contributed by atoms with Gasteiger partial charge in [0, 0.05) is 56.4 Å². The molecule has 0 radical (unpaired) electrons. The Morgan fingerprint density at radius 3 is 2.75 bits per heavy atom. The Hall–Kier alpha value is -2.05. The molecule has 0 aliphatic carbocycles. The maximum absolute atomic E-state index is 5.52.